The Bertz CT molecular complexity index is 359. The molecule has 0 fully saturated rings. The zero-order chi connectivity index (χ0) is 10.4. The Morgan fingerprint density at radius 1 is 1.21 bits per heavy atom. The van der Waals surface area contributed by atoms with Crippen LogP contribution in [0.5, 0.6) is 5.75 Å². The average Bonchev–Trinajstić information content (AvgIpc) is 2.16. The lowest BCUT2D eigenvalue weighted by atomic mass is 10.3. The molecule has 5 nitrogen and oxygen atoms in total. The van der Waals surface area contributed by atoms with Gasteiger partial charge in [-0.25, -0.2) is 4.89 Å². The van der Waals surface area contributed by atoms with Crippen molar-refractivity contribution in [3.05, 3.63) is 30.3 Å². The first kappa shape index (κ1) is 11.0. The summed E-state index contributed by atoms with van der Waals surface area (Å²) >= 11 is 0. The van der Waals surface area contributed by atoms with Crippen LogP contribution in [0.4, 0.5) is 0 Å². The fourth-order valence-electron chi connectivity index (χ4n) is 0.715. The molecular formula is C8H10O5S. The van der Waals surface area contributed by atoms with Crippen molar-refractivity contribution in [2.45, 2.75) is 6.92 Å². The van der Waals surface area contributed by atoms with Gasteiger partial charge in [0.25, 0.3) is 0 Å². The predicted octanol–water partition coefficient (Wildman–Crippen LogP) is 1.28. The van der Waals surface area contributed by atoms with Gasteiger partial charge in [0.2, 0.25) is 0 Å². The molecule has 0 N–H and O–H groups in total. The first-order valence-corrected chi connectivity index (χ1v) is 5.28. The highest BCUT2D eigenvalue weighted by molar-refractivity contribution is 7.82. The maximum absolute atomic E-state index is 11.0. The topological polar surface area (TPSA) is 61.8 Å². The summed E-state index contributed by atoms with van der Waals surface area (Å²) in [6, 6.07) is 8.01. The van der Waals surface area contributed by atoms with Crippen molar-refractivity contribution in [1.82, 2.24) is 0 Å². The van der Waals surface area contributed by atoms with E-state index in [-0.39, 0.29) is 12.4 Å². The Hall–Kier alpha value is -1.11. The minimum absolute atomic E-state index is 0.122. The summed E-state index contributed by atoms with van der Waals surface area (Å²) < 4.78 is 30.5. The Labute approximate surface area is 82.5 Å². The fourth-order valence-corrected chi connectivity index (χ4v) is 1.30. The maximum atomic E-state index is 11.0. The van der Waals surface area contributed by atoms with Crippen LogP contribution in [0.1, 0.15) is 6.92 Å². The first-order valence-electron chi connectivity index (χ1n) is 3.94. The molecule has 0 radical (unpaired) electrons. The van der Waals surface area contributed by atoms with E-state index in [1.165, 1.54) is 12.1 Å². The lowest BCUT2D eigenvalue weighted by molar-refractivity contribution is -0.202. The van der Waals surface area contributed by atoms with Gasteiger partial charge in [0.05, 0.1) is 6.61 Å². The molecule has 0 aromatic heterocycles. The monoisotopic (exact) mass is 218 g/mol. The molecule has 0 saturated carbocycles. The second-order valence-corrected chi connectivity index (χ2v) is 3.40. The molecule has 0 aliphatic heterocycles. The molecule has 0 saturated heterocycles. The molecule has 1 aromatic rings. The molecule has 0 amide bonds. The fraction of sp³-hybridized carbons (Fsp3) is 0.250. The molecular weight excluding hydrogens is 208 g/mol. The molecule has 0 aliphatic rings. The molecule has 6 heteroatoms. The third-order valence-electron chi connectivity index (χ3n) is 1.19. The minimum atomic E-state index is -4.12. The number of hydrogen-bond donors (Lipinski definition) is 0. The van der Waals surface area contributed by atoms with Gasteiger partial charge in [0, 0.05) is 0 Å². The first-order chi connectivity index (χ1) is 6.64. The smallest absolute Gasteiger partial charge is 0.360 e. The van der Waals surface area contributed by atoms with Crippen LogP contribution >= 0.6 is 0 Å². The number of benzene rings is 1. The van der Waals surface area contributed by atoms with Crippen LogP contribution in [0.2, 0.25) is 0 Å². The third kappa shape index (κ3) is 3.73. The van der Waals surface area contributed by atoms with Gasteiger partial charge in [-0.1, -0.05) is 22.5 Å². The van der Waals surface area contributed by atoms with E-state index in [1.807, 2.05) is 0 Å². The van der Waals surface area contributed by atoms with Crippen molar-refractivity contribution in [3.8, 4) is 5.75 Å². The number of hydrogen-bond acceptors (Lipinski definition) is 5. The lowest BCUT2D eigenvalue weighted by Gasteiger charge is -2.04. The highest BCUT2D eigenvalue weighted by Gasteiger charge is 2.14. The van der Waals surface area contributed by atoms with Crippen LogP contribution in [0.15, 0.2) is 30.3 Å². The van der Waals surface area contributed by atoms with E-state index >= 15 is 0 Å². The van der Waals surface area contributed by atoms with Crippen LogP contribution in [0.25, 0.3) is 0 Å². The minimum Gasteiger partial charge on any atom is -0.360 e. The summed E-state index contributed by atoms with van der Waals surface area (Å²) in [4.78, 5) is 4.26. The second-order valence-electron chi connectivity index (χ2n) is 2.28. The van der Waals surface area contributed by atoms with Crippen molar-refractivity contribution in [1.29, 1.82) is 0 Å². The van der Waals surface area contributed by atoms with Gasteiger partial charge in [-0.05, 0) is 19.1 Å². The third-order valence-corrected chi connectivity index (χ3v) is 1.85. The summed E-state index contributed by atoms with van der Waals surface area (Å²) in [6.07, 6.45) is 0. The number of rotatable bonds is 5. The Balaban J connectivity index is 2.60. The van der Waals surface area contributed by atoms with Gasteiger partial charge in [0.1, 0.15) is 5.75 Å². The van der Waals surface area contributed by atoms with Crippen molar-refractivity contribution in [2.75, 3.05) is 6.61 Å². The number of para-hydroxylation sites is 1. The zero-order valence-electron chi connectivity index (χ0n) is 7.54. The van der Waals surface area contributed by atoms with E-state index < -0.39 is 10.4 Å². The van der Waals surface area contributed by atoms with Gasteiger partial charge in [-0.3, -0.25) is 0 Å². The highest BCUT2D eigenvalue weighted by atomic mass is 32.3. The predicted molar refractivity (Wildman–Crippen MR) is 48.7 cm³/mol. The molecule has 0 unspecified atom stereocenters. The van der Waals surface area contributed by atoms with E-state index in [1.54, 1.807) is 25.1 Å². The summed E-state index contributed by atoms with van der Waals surface area (Å²) in [7, 11) is -4.12. The van der Waals surface area contributed by atoms with Gasteiger partial charge >= 0.3 is 10.4 Å². The van der Waals surface area contributed by atoms with Crippen LogP contribution in [0.3, 0.4) is 0 Å². The highest BCUT2D eigenvalue weighted by Crippen LogP contribution is 2.12. The van der Waals surface area contributed by atoms with Crippen molar-refractivity contribution < 1.29 is 21.8 Å². The molecule has 0 heterocycles. The molecule has 78 valence electrons. The van der Waals surface area contributed by atoms with E-state index in [0.29, 0.717) is 0 Å². The van der Waals surface area contributed by atoms with E-state index in [2.05, 4.69) is 13.4 Å². The quantitative estimate of drug-likeness (QED) is 0.550. The van der Waals surface area contributed by atoms with Crippen LogP contribution in [-0.4, -0.2) is 15.0 Å². The molecule has 0 bridgehead atoms. The standard InChI is InChI=1S/C8H10O5S/c1-2-11-13-14(9,10)12-8-6-4-3-5-7-8/h3-7H,2H2,1H3. The van der Waals surface area contributed by atoms with Crippen LogP contribution in [-0.2, 0) is 19.6 Å². The molecule has 0 aliphatic carbocycles. The zero-order valence-corrected chi connectivity index (χ0v) is 8.36. The Kier molecular flexibility index (Phi) is 3.87. The summed E-state index contributed by atoms with van der Waals surface area (Å²) in [5, 5.41) is 0. The van der Waals surface area contributed by atoms with E-state index in [0.717, 1.165) is 0 Å². The van der Waals surface area contributed by atoms with Crippen molar-refractivity contribution in [2.24, 2.45) is 0 Å². The van der Waals surface area contributed by atoms with E-state index in [9.17, 15) is 8.42 Å². The van der Waals surface area contributed by atoms with Gasteiger partial charge in [-0.15, -0.1) is 0 Å². The van der Waals surface area contributed by atoms with Crippen LogP contribution in [0, 0.1) is 0 Å². The SMILES string of the molecule is CCOOS(=O)(=O)Oc1ccccc1. The normalized spacial score (nSPS) is 11.2. The summed E-state index contributed by atoms with van der Waals surface area (Å²) in [6.45, 7) is 1.72. The largest absolute Gasteiger partial charge is 0.476 e. The summed E-state index contributed by atoms with van der Waals surface area (Å²) in [5.41, 5.74) is 0. The van der Waals surface area contributed by atoms with Gasteiger partial charge in [0.15, 0.2) is 0 Å². The van der Waals surface area contributed by atoms with Gasteiger partial charge < -0.3 is 4.18 Å². The molecule has 1 aromatic carbocycles. The summed E-state index contributed by atoms with van der Waals surface area (Å²) in [5.74, 6) is 0.173. The Morgan fingerprint density at radius 2 is 1.86 bits per heavy atom. The second kappa shape index (κ2) is 4.94. The molecule has 0 spiro atoms. The van der Waals surface area contributed by atoms with Crippen molar-refractivity contribution in [3.63, 3.8) is 0 Å². The van der Waals surface area contributed by atoms with Gasteiger partial charge in [-0.2, -0.15) is 8.42 Å². The maximum Gasteiger partial charge on any atom is 0.476 e. The lowest BCUT2D eigenvalue weighted by Crippen LogP contribution is -2.13. The average molecular weight is 218 g/mol. The Morgan fingerprint density at radius 3 is 2.43 bits per heavy atom. The van der Waals surface area contributed by atoms with E-state index in [4.69, 9.17) is 0 Å². The molecule has 0 atom stereocenters. The van der Waals surface area contributed by atoms with Crippen molar-refractivity contribution >= 4 is 10.4 Å². The molecule has 14 heavy (non-hydrogen) atoms. The van der Waals surface area contributed by atoms with Crippen LogP contribution < -0.4 is 4.18 Å². The molecule has 1 rings (SSSR count).